The number of anilines is 1. The number of hydrogen-bond acceptors (Lipinski definition) is 2. The van der Waals surface area contributed by atoms with E-state index in [0.717, 1.165) is 4.47 Å². The molecular formula is C15H13BrClNO2. The average Bonchev–Trinajstić information content (AvgIpc) is 2.44. The van der Waals surface area contributed by atoms with Gasteiger partial charge in [0.2, 0.25) is 0 Å². The van der Waals surface area contributed by atoms with Gasteiger partial charge in [-0.25, -0.2) is 0 Å². The summed E-state index contributed by atoms with van der Waals surface area (Å²) in [6, 6.07) is 14.4. The van der Waals surface area contributed by atoms with Crippen LogP contribution in [0.1, 0.15) is 6.92 Å². The van der Waals surface area contributed by atoms with Crippen LogP contribution in [0.25, 0.3) is 0 Å². The van der Waals surface area contributed by atoms with Crippen molar-refractivity contribution in [1.29, 1.82) is 0 Å². The molecule has 2 rings (SSSR count). The fourth-order valence-electron chi connectivity index (χ4n) is 1.56. The molecule has 0 unspecified atom stereocenters. The second-order valence-corrected chi connectivity index (χ2v) is 5.51. The summed E-state index contributed by atoms with van der Waals surface area (Å²) in [4.78, 5) is 12.0. The molecule has 0 radical (unpaired) electrons. The van der Waals surface area contributed by atoms with E-state index in [4.69, 9.17) is 16.3 Å². The first-order valence-electron chi connectivity index (χ1n) is 6.04. The molecule has 5 heteroatoms. The van der Waals surface area contributed by atoms with Crippen LogP contribution in [0.4, 0.5) is 5.69 Å². The zero-order chi connectivity index (χ0) is 14.5. The summed E-state index contributed by atoms with van der Waals surface area (Å²) in [5.74, 6) is 0.264. The summed E-state index contributed by atoms with van der Waals surface area (Å²) in [5, 5.41) is 3.26. The van der Waals surface area contributed by atoms with Crippen LogP contribution in [0.5, 0.6) is 5.75 Å². The molecule has 0 heterocycles. The molecule has 104 valence electrons. The van der Waals surface area contributed by atoms with Crippen molar-refractivity contribution < 1.29 is 9.53 Å². The maximum atomic E-state index is 12.0. The fraction of sp³-hybridized carbons (Fsp3) is 0.133. The molecular weight excluding hydrogens is 342 g/mol. The summed E-state index contributed by atoms with van der Waals surface area (Å²) in [6.45, 7) is 1.68. The lowest BCUT2D eigenvalue weighted by atomic mass is 10.3. The third kappa shape index (κ3) is 3.99. The maximum Gasteiger partial charge on any atom is 0.265 e. The van der Waals surface area contributed by atoms with Crippen LogP contribution in [-0.4, -0.2) is 12.0 Å². The molecule has 1 amide bonds. The van der Waals surface area contributed by atoms with Gasteiger partial charge in [0.25, 0.3) is 5.91 Å². The van der Waals surface area contributed by atoms with Gasteiger partial charge in [-0.15, -0.1) is 0 Å². The second-order valence-electron chi connectivity index (χ2n) is 4.19. The van der Waals surface area contributed by atoms with Gasteiger partial charge >= 0.3 is 0 Å². The van der Waals surface area contributed by atoms with Crippen molar-refractivity contribution in [3.8, 4) is 5.75 Å². The van der Waals surface area contributed by atoms with Gasteiger partial charge in [-0.2, -0.15) is 0 Å². The van der Waals surface area contributed by atoms with Crippen LogP contribution in [0.15, 0.2) is 53.0 Å². The Hall–Kier alpha value is -1.52. The van der Waals surface area contributed by atoms with Crippen LogP contribution in [-0.2, 0) is 4.79 Å². The number of hydrogen-bond donors (Lipinski definition) is 1. The highest BCUT2D eigenvalue weighted by Gasteiger charge is 2.16. The lowest BCUT2D eigenvalue weighted by Gasteiger charge is -2.15. The summed E-state index contributed by atoms with van der Waals surface area (Å²) in [7, 11) is 0. The average molecular weight is 355 g/mol. The van der Waals surface area contributed by atoms with E-state index in [0.29, 0.717) is 16.5 Å². The van der Waals surface area contributed by atoms with E-state index < -0.39 is 6.10 Å². The number of nitrogens with one attached hydrogen (secondary N) is 1. The summed E-state index contributed by atoms with van der Waals surface area (Å²) >= 11 is 9.33. The van der Waals surface area contributed by atoms with Crippen molar-refractivity contribution in [1.82, 2.24) is 0 Å². The zero-order valence-electron chi connectivity index (χ0n) is 10.8. The van der Waals surface area contributed by atoms with Gasteiger partial charge in [0, 0.05) is 10.2 Å². The highest BCUT2D eigenvalue weighted by molar-refractivity contribution is 9.10. The lowest BCUT2D eigenvalue weighted by molar-refractivity contribution is -0.122. The topological polar surface area (TPSA) is 38.3 Å². The Morgan fingerprint density at radius 2 is 1.85 bits per heavy atom. The van der Waals surface area contributed by atoms with E-state index in [-0.39, 0.29) is 5.91 Å². The Labute approximate surface area is 131 Å². The first-order chi connectivity index (χ1) is 9.56. The molecule has 0 bridgehead atoms. The number of carbonyl (C=O) groups excluding carboxylic acids is 1. The molecule has 2 aromatic rings. The number of ether oxygens (including phenoxy) is 1. The van der Waals surface area contributed by atoms with E-state index in [2.05, 4.69) is 21.2 Å². The summed E-state index contributed by atoms with van der Waals surface area (Å²) in [6.07, 6.45) is -0.640. The predicted molar refractivity (Wildman–Crippen MR) is 84.3 cm³/mol. The van der Waals surface area contributed by atoms with Gasteiger partial charge in [-0.3, -0.25) is 4.79 Å². The lowest BCUT2D eigenvalue weighted by Crippen LogP contribution is -2.30. The van der Waals surface area contributed by atoms with Crippen molar-refractivity contribution in [2.75, 3.05) is 5.32 Å². The molecule has 0 saturated carbocycles. The fourth-order valence-corrected chi connectivity index (χ4v) is 2.01. The maximum absolute atomic E-state index is 12.0. The molecule has 0 saturated heterocycles. The van der Waals surface area contributed by atoms with Gasteiger partial charge in [-0.05, 0) is 43.3 Å². The first-order valence-corrected chi connectivity index (χ1v) is 7.21. The Balaban J connectivity index is 1.99. The van der Waals surface area contributed by atoms with E-state index in [1.54, 1.807) is 25.1 Å². The van der Waals surface area contributed by atoms with Crippen LogP contribution >= 0.6 is 27.5 Å². The van der Waals surface area contributed by atoms with Crippen molar-refractivity contribution in [3.05, 3.63) is 58.0 Å². The van der Waals surface area contributed by atoms with E-state index in [9.17, 15) is 4.79 Å². The van der Waals surface area contributed by atoms with Crippen LogP contribution in [0.2, 0.25) is 5.02 Å². The quantitative estimate of drug-likeness (QED) is 0.877. The van der Waals surface area contributed by atoms with Gasteiger partial charge in [-0.1, -0.05) is 39.7 Å². The number of halogens is 2. The number of benzene rings is 2. The predicted octanol–water partition coefficient (Wildman–Crippen LogP) is 4.51. The molecule has 2 aromatic carbocycles. The van der Waals surface area contributed by atoms with E-state index in [1.165, 1.54) is 0 Å². The van der Waals surface area contributed by atoms with Crippen molar-refractivity contribution >= 4 is 39.1 Å². The van der Waals surface area contributed by atoms with E-state index >= 15 is 0 Å². The highest BCUT2D eigenvalue weighted by Crippen LogP contribution is 2.24. The van der Waals surface area contributed by atoms with Crippen LogP contribution in [0.3, 0.4) is 0 Å². The number of amides is 1. The molecule has 0 aliphatic rings. The monoisotopic (exact) mass is 353 g/mol. The molecule has 20 heavy (non-hydrogen) atoms. The molecule has 3 nitrogen and oxygen atoms in total. The smallest absolute Gasteiger partial charge is 0.265 e. The van der Waals surface area contributed by atoms with Crippen molar-refractivity contribution in [2.45, 2.75) is 13.0 Å². The Morgan fingerprint density at radius 1 is 1.20 bits per heavy atom. The first kappa shape index (κ1) is 14.9. The third-order valence-corrected chi connectivity index (χ3v) is 3.46. The van der Waals surface area contributed by atoms with Gasteiger partial charge in [0.15, 0.2) is 6.10 Å². The SMILES string of the molecule is C[C@H](Oc1ccccc1Cl)C(=O)Nc1ccc(Br)cc1. The second kappa shape index (κ2) is 6.77. The third-order valence-electron chi connectivity index (χ3n) is 2.62. The van der Waals surface area contributed by atoms with Crippen LogP contribution in [0, 0.1) is 0 Å². The highest BCUT2D eigenvalue weighted by atomic mass is 79.9. The number of para-hydroxylation sites is 1. The zero-order valence-corrected chi connectivity index (χ0v) is 13.1. The van der Waals surface area contributed by atoms with Gasteiger partial charge in [0.05, 0.1) is 5.02 Å². The molecule has 0 spiro atoms. The molecule has 0 fully saturated rings. The normalized spacial score (nSPS) is 11.8. The van der Waals surface area contributed by atoms with Crippen LogP contribution < -0.4 is 10.1 Å². The minimum atomic E-state index is -0.640. The summed E-state index contributed by atoms with van der Waals surface area (Å²) < 4.78 is 6.50. The van der Waals surface area contributed by atoms with Crippen molar-refractivity contribution in [2.24, 2.45) is 0 Å². The minimum Gasteiger partial charge on any atom is -0.479 e. The molecule has 0 aliphatic heterocycles. The molecule has 0 aliphatic carbocycles. The summed E-state index contributed by atoms with van der Waals surface area (Å²) in [5.41, 5.74) is 0.716. The standard InChI is InChI=1S/C15H13BrClNO2/c1-10(20-14-5-3-2-4-13(14)17)15(19)18-12-8-6-11(16)7-9-12/h2-10H,1H3,(H,18,19)/t10-/m0/s1. The molecule has 1 atom stereocenters. The van der Waals surface area contributed by atoms with Crippen molar-refractivity contribution in [3.63, 3.8) is 0 Å². The molecule has 0 aromatic heterocycles. The van der Waals surface area contributed by atoms with E-state index in [1.807, 2.05) is 30.3 Å². The Bertz CT molecular complexity index is 601. The largest absolute Gasteiger partial charge is 0.479 e. The Kier molecular flexibility index (Phi) is 5.04. The molecule has 1 N–H and O–H groups in total. The minimum absolute atomic E-state index is 0.229. The number of rotatable bonds is 4. The van der Waals surface area contributed by atoms with Gasteiger partial charge < -0.3 is 10.1 Å². The Morgan fingerprint density at radius 3 is 2.50 bits per heavy atom. The number of carbonyl (C=O) groups is 1. The van der Waals surface area contributed by atoms with Gasteiger partial charge in [0.1, 0.15) is 5.75 Å².